The highest BCUT2D eigenvalue weighted by atomic mass is 32.1. The van der Waals surface area contributed by atoms with Gasteiger partial charge >= 0.3 is 0 Å². The van der Waals surface area contributed by atoms with Crippen LogP contribution < -0.4 is 19.7 Å². The molecule has 0 aliphatic rings. The lowest BCUT2D eigenvalue weighted by Crippen LogP contribution is -2.19. The van der Waals surface area contributed by atoms with Gasteiger partial charge in [-0.25, -0.2) is 0 Å². The van der Waals surface area contributed by atoms with E-state index in [1.54, 1.807) is 38.5 Å². The number of carbonyl (C=O) groups excluding carboxylic acids is 1. The number of amides is 1. The van der Waals surface area contributed by atoms with E-state index >= 15 is 0 Å². The van der Waals surface area contributed by atoms with Crippen LogP contribution in [0, 0.1) is 0 Å². The van der Waals surface area contributed by atoms with E-state index in [1.807, 2.05) is 23.6 Å². The summed E-state index contributed by atoms with van der Waals surface area (Å²) in [5.41, 5.74) is 0.804. The molecular weight excluding hydrogens is 392 g/mol. The maximum absolute atomic E-state index is 12.8. The van der Waals surface area contributed by atoms with Crippen LogP contribution in [-0.2, 0) is 6.54 Å². The Labute approximate surface area is 169 Å². The van der Waals surface area contributed by atoms with Gasteiger partial charge in [0, 0.05) is 18.7 Å². The zero-order valence-corrected chi connectivity index (χ0v) is 16.9. The third-order valence-corrected chi connectivity index (χ3v) is 5.65. The molecule has 29 heavy (non-hydrogen) atoms. The zero-order chi connectivity index (χ0) is 20.5. The van der Waals surface area contributed by atoms with Crippen LogP contribution >= 0.6 is 11.3 Å². The molecule has 148 valence electrons. The minimum Gasteiger partial charge on any atom is -0.493 e. The van der Waals surface area contributed by atoms with Gasteiger partial charge in [-0.15, -0.1) is 0 Å². The van der Waals surface area contributed by atoms with Gasteiger partial charge in [0.05, 0.1) is 29.8 Å². The third-order valence-electron chi connectivity index (χ3n) is 4.61. The summed E-state index contributed by atoms with van der Waals surface area (Å²) in [5.74, 6) is 0.544. The first-order chi connectivity index (χ1) is 14.1. The Morgan fingerprint density at radius 2 is 1.90 bits per heavy atom. The quantitative estimate of drug-likeness (QED) is 0.513. The average molecular weight is 410 g/mol. The Morgan fingerprint density at radius 3 is 2.62 bits per heavy atom. The number of ether oxygens (including phenoxy) is 2. The summed E-state index contributed by atoms with van der Waals surface area (Å²) in [6, 6.07) is 10.5. The molecule has 4 rings (SSSR count). The lowest BCUT2D eigenvalue weighted by molar-refractivity contribution is 0.0995. The summed E-state index contributed by atoms with van der Waals surface area (Å²) in [6.07, 6.45) is 1.17. The molecule has 0 spiro atoms. The van der Waals surface area contributed by atoms with Crippen molar-refractivity contribution >= 4 is 38.4 Å². The number of hydrogen-bond donors (Lipinski definition) is 0. The van der Waals surface area contributed by atoms with Gasteiger partial charge in [-0.05, 0) is 19.1 Å². The molecule has 1 amide bonds. The van der Waals surface area contributed by atoms with Crippen LogP contribution in [0.25, 0.3) is 21.2 Å². The number of methoxy groups -OCH3 is 2. The Bertz CT molecular complexity index is 1360. The highest BCUT2D eigenvalue weighted by molar-refractivity contribution is 7.16. The molecule has 4 aromatic rings. The summed E-state index contributed by atoms with van der Waals surface area (Å²) < 4.78 is 19.0. The van der Waals surface area contributed by atoms with Gasteiger partial charge < -0.3 is 18.5 Å². The monoisotopic (exact) mass is 410 g/mol. The number of rotatable bonds is 4. The molecule has 0 N–H and O–H groups in total. The van der Waals surface area contributed by atoms with Gasteiger partial charge in [-0.2, -0.15) is 4.99 Å². The van der Waals surface area contributed by atoms with Crippen molar-refractivity contribution in [2.75, 3.05) is 14.2 Å². The van der Waals surface area contributed by atoms with Crippen LogP contribution in [0.5, 0.6) is 11.5 Å². The summed E-state index contributed by atoms with van der Waals surface area (Å²) in [5, 5.41) is 0.350. The number of aromatic nitrogens is 1. The highest BCUT2D eigenvalue weighted by Gasteiger charge is 2.16. The van der Waals surface area contributed by atoms with E-state index in [2.05, 4.69) is 4.99 Å². The number of carbonyl (C=O) groups is 1. The molecular formula is C21H18N2O5S. The van der Waals surface area contributed by atoms with Gasteiger partial charge in [0.2, 0.25) is 5.43 Å². The predicted octanol–water partition coefficient (Wildman–Crippen LogP) is 3.59. The fraction of sp³-hybridized carbons (Fsp3) is 0.190. The molecule has 8 heteroatoms. The minimum atomic E-state index is -0.641. The van der Waals surface area contributed by atoms with Crippen LogP contribution in [0.1, 0.15) is 17.3 Å². The molecule has 0 unspecified atom stereocenters. The second-order valence-electron chi connectivity index (χ2n) is 6.20. The number of benzene rings is 2. The normalized spacial score (nSPS) is 11.9. The van der Waals surface area contributed by atoms with Gasteiger partial charge in [0.1, 0.15) is 17.4 Å². The Kier molecular flexibility index (Phi) is 4.94. The number of hydrogen-bond acceptors (Lipinski definition) is 6. The van der Waals surface area contributed by atoms with Crippen molar-refractivity contribution < 1.29 is 18.7 Å². The van der Waals surface area contributed by atoms with Crippen LogP contribution in [0.15, 0.2) is 56.9 Å². The summed E-state index contributed by atoms with van der Waals surface area (Å²) in [7, 11) is 3.14. The van der Waals surface area contributed by atoms with Gasteiger partial charge in [-0.1, -0.05) is 23.5 Å². The standard InChI is InChI=1S/C21H18N2O5S/c1-4-23-14-9-16(26-2)17(27-3)10-18(14)29-21(23)22-20(25)13-11-28-15-8-6-5-7-12(15)19(13)24/h5-11H,4H2,1-3H3. The highest BCUT2D eigenvalue weighted by Crippen LogP contribution is 2.33. The molecule has 2 aromatic heterocycles. The van der Waals surface area contributed by atoms with Crippen LogP contribution in [-0.4, -0.2) is 24.7 Å². The number of fused-ring (bicyclic) bond motifs is 2. The first-order valence-corrected chi connectivity index (χ1v) is 9.74. The van der Waals surface area contributed by atoms with E-state index in [-0.39, 0.29) is 5.56 Å². The zero-order valence-electron chi connectivity index (χ0n) is 16.1. The molecule has 0 aliphatic heterocycles. The number of thiazole rings is 1. The summed E-state index contributed by atoms with van der Waals surface area (Å²) >= 11 is 1.34. The second kappa shape index (κ2) is 7.56. The maximum atomic E-state index is 12.8. The van der Waals surface area contributed by atoms with Crippen LogP contribution in [0.2, 0.25) is 0 Å². The SMILES string of the molecule is CCn1c(=NC(=O)c2coc3ccccc3c2=O)sc2cc(OC)c(OC)cc21. The largest absolute Gasteiger partial charge is 0.493 e. The average Bonchev–Trinajstić information content (AvgIpc) is 3.08. The molecule has 0 atom stereocenters. The van der Waals surface area contributed by atoms with Crippen molar-refractivity contribution in [3.05, 3.63) is 63.2 Å². The molecule has 0 saturated heterocycles. The smallest absolute Gasteiger partial charge is 0.286 e. The van der Waals surface area contributed by atoms with Crippen LogP contribution in [0.4, 0.5) is 0 Å². The van der Waals surface area contributed by atoms with Crippen molar-refractivity contribution in [3.8, 4) is 11.5 Å². The second-order valence-corrected chi connectivity index (χ2v) is 7.20. The number of nitrogens with zero attached hydrogens (tertiary/aromatic N) is 2. The van der Waals surface area contributed by atoms with Gasteiger partial charge in [0.25, 0.3) is 5.91 Å². The molecule has 0 bridgehead atoms. The third kappa shape index (κ3) is 3.21. The van der Waals surface area contributed by atoms with Gasteiger partial charge in [-0.3, -0.25) is 9.59 Å². The van der Waals surface area contributed by atoms with E-state index in [1.165, 1.54) is 17.6 Å². The topological polar surface area (TPSA) is 83.0 Å². The maximum Gasteiger partial charge on any atom is 0.286 e. The Balaban J connectivity index is 1.89. The first-order valence-electron chi connectivity index (χ1n) is 8.92. The van der Waals surface area contributed by atoms with E-state index in [0.717, 1.165) is 10.2 Å². The summed E-state index contributed by atoms with van der Waals surface area (Å²) in [4.78, 5) is 30.2. The van der Waals surface area contributed by atoms with Crippen molar-refractivity contribution in [1.29, 1.82) is 0 Å². The minimum absolute atomic E-state index is 0.0982. The van der Waals surface area contributed by atoms with E-state index in [9.17, 15) is 9.59 Å². The number of para-hydroxylation sites is 1. The lowest BCUT2D eigenvalue weighted by Gasteiger charge is -2.08. The van der Waals surface area contributed by atoms with Crippen LogP contribution in [0.3, 0.4) is 0 Å². The summed E-state index contributed by atoms with van der Waals surface area (Å²) in [6.45, 7) is 2.55. The number of aryl methyl sites for hydroxylation is 1. The lowest BCUT2D eigenvalue weighted by atomic mass is 10.2. The Morgan fingerprint density at radius 1 is 1.17 bits per heavy atom. The molecule has 0 saturated carbocycles. The molecule has 2 heterocycles. The first kappa shape index (κ1) is 18.9. The molecule has 2 aromatic carbocycles. The Hall–Kier alpha value is -3.39. The van der Waals surface area contributed by atoms with E-state index in [4.69, 9.17) is 13.9 Å². The fourth-order valence-electron chi connectivity index (χ4n) is 3.16. The van der Waals surface area contributed by atoms with Crippen molar-refractivity contribution in [3.63, 3.8) is 0 Å². The van der Waals surface area contributed by atoms with Crippen molar-refractivity contribution in [2.24, 2.45) is 4.99 Å². The molecule has 0 radical (unpaired) electrons. The molecule has 0 aliphatic carbocycles. The van der Waals surface area contributed by atoms with E-state index < -0.39 is 11.3 Å². The fourth-order valence-corrected chi connectivity index (χ4v) is 4.26. The van der Waals surface area contributed by atoms with Crippen molar-refractivity contribution in [1.82, 2.24) is 4.57 Å². The predicted molar refractivity (Wildman–Crippen MR) is 111 cm³/mol. The van der Waals surface area contributed by atoms with Crippen molar-refractivity contribution in [2.45, 2.75) is 13.5 Å². The molecule has 7 nitrogen and oxygen atoms in total. The van der Waals surface area contributed by atoms with E-state index in [0.29, 0.717) is 33.8 Å². The molecule has 0 fully saturated rings. The van der Waals surface area contributed by atoms with Gasteiger partial charge in [0.15, 0.2) is 16.3 Å².